The molecule has 0 fully saturated rings. The number of nitrogen functional groups attached to an aromatic ring is 1. The summed E-state index contributed by atoms with van der Waals surface area (Å²) in [5, 5.41) is 3.19. The topological polar surface area (TPSA) is 115 Å². The van der Waals surface area contributed by atoms with E-state index in [1.165, 1.54) is 19.2 Å². The van der Waals surface area contributed by atoms with Crippen LogP contribution in [-0.4, -0.2) is 43.4 Å². The number of ether oxygens (including phenoxy) is 1. The van der Waals surface area contributed by atoms with Crippen molar-refractivity contribution in [3.63, 3.8) is 0 Å². The number of carbonyl (C=O) groups excluding carboxylic acids is 1. The number of esters is 1. The van der Waals surface area contributed by atoms with Crippen molar-refractivity contribution in [2.45, 2.75) is 44.7 Å². The second-order valence-electron chi connectivity index (χ2n) is 7.38. The van der Waals surface area contributed by atoms with Crippen molar-refractivity contribution in [2.75, 3.05) is 24.7 Å². The molecule has 3 N–H and O–H groups in total. The number of nitrogens with one attached hydrogen (secondary N) is 1. The number of aromatic nitrogens is 1. The molecule has 0 bridgehead atoms. The third kappa shape index (κ3) is 5.93. The predicted octanol–water partition coefficient (Wildman–Crippen LogP) is 2.87. The first kappa shape index (κ1) is 23.6. The first-order valence-corrected chi connectivity index (χ1v) is 11.3. The normalized spacial score (nSPS) is 12.7. The quantitative estimate of drug-likeness (QED) is 0.553. The minimum Gasteiger partial charge on any atom is -0.465 e. The molecule has 8 nitrogen and oxygen atoms in total. The number of pyridine rings is 1. The Morgan fingerprint density at radius 2 is 1.90 bits per heavy atom. The second kappa shape index (κ2) is 10.4. The largest absolute Gasteiger partial charge is 0.465 e. The molecule has 30 heavy (non-hydrogen) atoms. The van der Waals surface area contributed by atoms with Crippen LogP contribution in [0, 0.1) is 5.92 Å². The van der Waals surface area contributed by atoms with Gasteiger partial charge >= 0.3 is 5.97 Å². The van der Waals surface area contributed by atoms with Gasteiger partial charge < -0.3 is 15.8 Å². The molecule has 1 aromatic heterocycles. The lowest BCUT2D eigenvalue weighted by molar-refractivity contribution is -0.147. The molecule has 0 aliphatic carbocycles. The van der Waals surface area contributed by atoms with Gasteiger partial charge in [0.25, 0.3) is 0 Å². The number of anilines is 2. The van der Waals surface area contributed by atoms with Gasteiger partial charge in [0.15, 0.2) is 0 Å². The fourth-order valence-electron chi connectivity index (χ4n) is 2.96. The molecule has 0 aliphatic heterocycles. The molecule has 164 valence electrons. The van der Waals surface area contributed by atoms with Crippen LogP contribution >= 0.6 is 0 Å². The number of hydrogen-bond acceptors (Lipinski definition) is 7. The van der Waals surface area contributed by atoms with Gasteiger partial charge in [0.05, 0.1) is 29.1 Å². The van der Waals surface area contributed by atoms with Crippen LogP contribution in [0.15, 0.2) is 47.6 Å². The molecule has 0 saturated heterocycles. The standard InChI is InChI=1S/C21H30N4O4S/c1-5-29-21(26)20(12-15(2)3)25(4)30(27,28)17-8-6-16(7-9-17)13-24-19-10-11-23-14-18(19)22/h6-11,14-15,20H,5,12-13,22H2,1-4H3,(H,23,24)/t20-/m0/s1. The molecule has 2 rings (SSSR count). The summed E-state index contributed by atoms with van der Waals surface area (Å²) in [7, 11) is -2.44. The summed E-state index contributed by atoms with van der Waals surface area (Å²) in [6.45, 7) is 6.24. The van der Waals surface area contributed by atoms with Crippen molar-refractivity contribution in [1.29, 1.82) is 0 Å². The van der Waals surface area contributed by atoms with Crippen molar-refractivity contribution >= 4 is 27.4 Å². The van der Waals surface area contributed by atoms with Gasteiger partial charge in [-0.2, -0.15) is 4.31 Å². The minimum absolute atomic E-state index is 0.121. The maximum absolute atomic E-state index is 13.1. The highest BCUT2D eigenvalue weighted by molar-refractivity contribution is 7.89. The van der Waals surface area contributed by atoms with E-state index in [2.05, 4.69) is 10.3 Å². The zero-order valence-electron chi connectivity index (χ0n) is 17.8. The third-order valence-electron chi connectivity index (χ3n) is 4.63. The summed E-state index contributed by atoms with van der Waals surface area (Å²) in [6.07, 6.45) is 3.58. The lowest BCUT2D eigenvalue weighted by Crippen LogP contribution is -2.44. The highest BCUT2D eigenvalue weighted by atomic mass is 32.2. The Hall–Kier alpha value is -2.65. The number of rotatable bonds is 10. The Bertz CT molecular complexity index is 946. The fraction of sp³-hybridized carbons (Fsp3) is 0.429. The molecule has 9 heteroatoms. The number of nitrogens with two attached hydrogens (primary N) is 1. The Morgan fingerprint density at radius 3 is 2.47 bits per heavy atom. The van der Waals surface area contributed by atoms with Crippen molar-refractivity contribution in [2.24, 2.45) is 5.92 Å². The van der Waals surface area contributed by atoms with Crippen LogP contribution in [0.3, 0.4) is 0 Å². The monoisotopic (exact) mass is 434 g/mol. The molecule has 0 amide bonds. The van der Waals surface area contributed by atoms with Crippen LogP contribution < -0.4 is 11.1 Å². The zero-order valence-corrected chi connectivity index (χ0v) is 18.6. The fourth-order valence-corrected chi connectivity index (χ4v) is 4.28. The number of likely N-dealkylation sites (N-methyl/N-ethyl adjacent to an activating group) is 1. The summed E-state index contributed by atoms with van der Waals surface area (Å²) in [5.41, 5.74) is 8.04. The molecule has 2 aromatic rings. The number of nitrogens with zero attached hydrogens (tertiary/aromatic N) is 2. The maximum Gasteiger partial charge on any atom is 0.324 e. The van der Waals surface area contributed by atoms with Crippen LogP contribution in [0.2, 0.25) is 0 Å². The average Bonchev–Trinajstić information content (AvgIpc) is 2.71. The van der Waals surface area contributed by atoms with E-state index in [-0.39, 0.29) is 17.4 Å². The van der Waals surface area contributed by atoms with E-state index in [1.54, 1.807) is 37.5 Å². The Labute approximate surface area is 178 Å². The first-order valence-electron chi connectivity index (χ1n) is 9.83. The van der Waals surface area contributed by atoms with Gasteiger partial charge in [0.1, 0.15) is 6.04 Å². The van der Waals surface area contributed by atoms with Gasteiger partial charge in [-0.1, -0.05) is 26.0 Å². The van der Waals surface area contributed by atoms with Gasteiger partial charge in [0.2, 0.25) is 10.0 Å². The molecule has 0 unspecified atom stereocenters. The number of hydrogen-bond donors (Lipinski definition) is 2. The molecule has 0 aliphatic rings. The summed E-state index contributed by atoms with van der Waals surface area (Å²) in [5.74, 6) is -0.404. The van der Waals surface area contributed by atoms with Gasteiger partial charge in [-0.3, -0.25) is 9.78 Å². The summed E-state index contributed by atoms with van der Waals surface area (Å²) in [6, 6.07) is 7.44. The van der Waals surface area contributed by atoms with Gasteiger partial charge in [-0.25, -0.2) is 8.42 Å². The molecular formula is C21H30N4O4S. The van der Waals surface area contributed by atoms with E-state index >= 15 is 0 Å². The Kier molecular flexibility index (Phi) is 8.19. The van der Waals surface area contributed by atoms with E-state index in [0.717, 1.165) is 15.6 Å². The summed E-state index contributed by atoms with van der Waals surface area (Å²) >= 11 is 0. The minimum atomic E-state index is -3.85. The van der Waals surface area contributed by atoms with E-state index in [4.69, 9.17) is 10.5 Å². The molecule has 0 saturated carbocycles. The lowest BCUT2D eigenvalue weighted by atomic mass is 10.0. The number of sulfonamides is 1. The average molecular weight is 435 g/mol. The van der Waals surface area contributed by atoms with Crippen LogP contribution in [0.4, 0.5) is 11.4 Å². The summed E-state index contributed by atoms with van der Waals surface area (Å²) < 4.78 is 32.4. The van der Waals surface area contributed by atoms with Crippen LogP contribution in [0.25, 0.3) is 0 Å². The predicted molar refractivity (Wildman–Crippen MR) is 117 cm³/mol. The van der Waals surface area contributed by atoms with Crippen LogP contribution in [0.1, 0.15) is 32.8 Å². The van der Waals surface area contributed by atoms with Gasteiger partial charge in [0, 0.05) is 19.8 Å². The Morgan fingerprint density at radius 1 is 1.23 bits per heavy atom. The number of benzene rings is 1. The second-order valence-corrected chi connectivity index (χ2v) is 9.38. The molecule has 1 heterocycles. The Balaban J connectivity index is 2.16. The van der Waals surface area contributed by atoms with Crippen LogP contribution in [-0.2, 0) is 26.1 Å². The molecule has 0 radical (unpaired) electrons. The van der Waals surface area contributed by atoms with E-state index in [1.807, 2.05) is 13.8 Å². The van der Waals surface area contributed by atoms with E-state index in [0.29, 0.717) is 18.7 Å². The lowest BCUT2D eigenvalue weighted by Gasteiger charge is -2.27. The maximum atomic E-state index is 13.1. The van der Waals surface area contributed by atoms with Gasteiger partial charge in [-0.05, 0) is 43.0 Å². The van der Waals surface area contributed by atoms with Crippen molar-refractivity contribution in [3.05, 3.63) is 48.3 Å². The number of carbonyl (C=O) groups is 1. The third-order valence-corrected chi connectivity index (χ3v) is 6.51. The van der Waals surface area contributed by atoms with Crippen molar-refractivity contribution in [1.82, 2.24) is 9.29 Å². The molecule has 1 atom stereocenters. The van der Waals surface area contributed by atoms with E-state index < -0.39 is 22.0 Å². The van der Waals surface area contributed by atoms with E-state index in [9.17, 15) is 13.2 Å². The van der Waals surface area contributed by atoms with Crippen molar-refractivity contribution < 1.29 is 17.9 Å². The SMILES string of the molecule is CCOC(=O)[C@H](CC(C)C)N(C)S(=O)(=O)c1ccc(CNc2ccncc2N)cc1. The summed E-state index contributed by atoms with van der Waals surface area (Å²) in [4.78, 5) is 16.4. The van der Waals surface area contributed by atoms with Crippen LogP contribution in [0.5, 0.6) is 0 Å². The molecular weight excluding hydrogens is 404 g/mol. The highest BCUT2D eigenvalue weighted by Gasteiger charge is 2.34. The first-order chi connectivity index (χ1) is 14.2. The zero-order chi connectivity index (χ0) is 22.3. The van der Waals surface area contributed by atoms with Gasteiger partial charge in [-0.15, -0.1) is 0 Å². The molecule has 1 aromatic carbocycles. The molecule has 0 spiro atoms. The smallest absolute Gasteiger partial charge is 0.324 e. The van der Waals surface area contributed by atoms with Crippen molar-refractivity contribution in [3.8, 4) is 0 Å². The highest BCUT2D eigenvalue weighted by Crippen LogP contribution is 2.22.